The predicted octanol–water partition coefficient (Wildman–Crippen LogP) is 6.23. The van der Waals surface area contributed by atoms with Crippen molar-refractivity contribution >= 4 is 28.1 Å². The molecule has 2 heterocycles. The van der Waals surface area contributed by atoms with E-state index in [4.69, 9.17) is 9.84 Å². The van der Waals surface area contributed by atoms with E-state index in [9.17, 15) is 18.0 Å². The van der Waals surface area contributed by atoms with Crippen LogP contribution in [0.3, 0.4) is 0 Å². The number of unbranched alkanes of at least 4 members (excludes halogenated alkanes) is 2. The molecule has 2 N–H and O–H groups in total. The smallest absolute Gasteiger partial charge is 0.420 e. The summed E-state index contributed by atoms with van der Waals surface area (Å²) in [5.41, 5.74) is 0.367. The Labute approximate surface area is 180 Å². The number of carbonyl (C=O) groups is 1. The van der Waals surface area contributed by atoms with Crippen LogP contribution in [0.4, 0.5) is 24.0 Å². The molecule has 0 atom stereocenters. The summed E-state index contributed by atoms with van der Waals surface area (Å²) in [6.07, 6.45) is -0.799. The number of hydrogen-bond acceptors (Lipinski definition) is 6. The molecule has 164 valence electrons. The third-order valence-corrected chi connectivity index (χ3v) is 5.08. The first-order chi connectivity index (χ1) is 14.8. The van der Waals surface area contributed by atoms with Gasteiger partial charge in [0.1, 0.15) is 11.4 Å². The van der Waals surface area contributed by atoms with Gasteiger partial charge in [-0.25, -0.2) is 9.78 Å². The van der Waals surface area contributed by atoms with Gasteiger partial charge < -0.3 is 15.2 Å². The van der Waals surface area contributed by atoms with Crippen molar-refractivity contribution in [2.24, 2.45) is 0 Å². The van der Waals surface area contributed by atoms with Crippen LogP contribution in [0.25, 0.3) is 11.4 Å². The lowest BCUT2D eigenvalue weighted by molar-refractivity contribution is -0.138. The van der Waals surface area contributed by atoms with E-state index in [1.807, 2.05) is 6.92 Å². The summed E-state index contributed by atoms with van der Waals surface area (Å²) < 4.78 is 45.8. The highest BCUT2D eigenvalue weighted by atomic mass is 32.1. The van der Waals surface area contributed by atoms with Crippen LogP contribution in [-0.2, 0) is 6.18 Å². The van der Waals surface area contributed by atoms with E-state index in [0.717, 1.165) is 18.9 Å². The van der Waals surface area contributed by atoms with E-state index in [1.54, 1.807) is 5.38 Å². The van der Waals surface area contributed by atoms with Gasteiger partial charge in [-0.15, -0.1) is 11.3 Å². The van der Waals surface area contributed by atoms with Crippen LogP contribution in [0.15, 0.2) is 41.9 Å². The molecule has 0 aliphatic rings. The van der Waals surface area contributed by atoms with E-state index < -0.39 is 17.7 Å². The Morgan fingerprint density at radius 1 is 1.19 bits per heavy atom. The molecule has 10 heteroatoms. The molecule has 0 saturated heterocycles. The molecule has 0 aliphatic carbocycles. The van der Waals surface area contributed by atoms with Gasteiger partial charge in [-0.1, -0.05) is 19.8 Å². The molecule has 0 amide bonds. The van der Waals surface area contributed by atoms with Crippen molar-refractivity contribution in [3.05, 3.63) is 53.0 Å². The Kier molecular flexibility index (Phi) is 7.11. The first-order valence-corrected chi connectivity index (χ1v) is 10.4. The fourth-order valence-corrected chi connectivity index (χ4v) is 3.46. The molecule has 3 rings (SSSR count). The minimum absolute atomic E-state index is 0.0500. The van der Waals surface area contributed by atoms with E-state index in [0.29, 0.717) is 22.9 Å². The first-order valence-electron chi connectivity index (χ1n) is 9.54. The monoisotopic (exact) mass is 451 g/mol. The zero-order valence-electron chi connectivity index (χ0n) is 16.6. The molecule has 6 nitrogen and oxygen atoms in total. The molecule has 0 fully saturated rings. The van der Waals surface area contributed by atoms with Crippen molar-refractivity contribution in [1.82, 2.24) is 9.97 Å². The number of anilines is 2. The molecule has 0 bridgehead atoms. The number of pyridine rings is 1. The van der Waals surface area contributed by atoms with E-state index in [-0.39, 0.29) is 23.6 Å². The molecular weight excluding hydrogens is 431 g/mol. The lowest BCUT2D eigenvalue weighted by Crippen LogP contribution is -2.10. The highest BCUT2D eigenvalue weighted by molar-refractivity contribution is 7.14. The Balaban J connectivity index is 1.75. The molecular formula is C21H20F3N3O3S. The SMILES string of the molecule is CCCCCOc1ccc(Nc2nc(-c3ccc(C(=O)O)cn3)cs2)cc1C(F)(F)F. The maximum absolute atomic E-state index is 13.5. The number of carboxylic acid groups (broad SMARTS) is 1. The third kappa shape index (κ3) is 5.94. The molecule has 0 spiro atoms. The second-order valence-corrected chi connectivity index (χ2v) is 7.52. The maximum Gasteiger partial charge on any atom is 0.420 e. The predicted molar refractivity (Wildman–Crippen MR) is 112 cm³/mol. The second-order valence-electron chi connectivity index (χ2n) is 6.66. The van der Waals surface area contributed by atoms with Crippen LogP contribution in [0.2, 0.25) is 0 Å². The number of aromatic nitrogens is 2. The number of nitrogens with one attached hydrogen (secondary N) is 1. The van der Waals surface area contributed by atoms with Crippen molar-refractivity contribution in [2.45, 2.75) is 32.4 Å². The van der Waals surface area contributed by atoms with E-state index >= 15 is 0 Å². The normalized spacial score (nSPS) is 11.4. The number of ether oxygens (including phenoxy) is 1. The average Bonchev–Trinajstić information content (AvgIpc) is 3.20. The van der Waals surface area contributed by atoms with Gasteiger partial charge in [0.05, 0.1) is 23.4 Å². The fraction of sp³-hybridized carbons (Fsp3) is 0.286. The van der Waals surface area contributed by atoms with Gasteiger partial charge in [0.15, 0.2) is 5.13 Å². The standard InChI is InChI=1S/C21H20F3N3O3S/c1-2-3-4-9-30-18-8-6-14(10-15(18)21(22,23)24)26-20-27-17(12-31-20)16-7-5-13(11-25-16)19(28)29/h5-8,10-12H,2-4,9H2,1H3,(H,26,27)(H,28,29). The Hall–Kier alpha value is -3.14. The minimum atomic E-state index is -4.55. The van der Waals surface area contributed by atoms with Gasteiger partial charge in [0.2, 0.25) is 0 Å². The Bertz CT molecular complexity index is 1040. The van der Waals surface area contributed by atoms with Crippen LogP contribution in [0, 0.1) is 0 Å². The van der Waals surface area contributed by atoms with E-state index in [2.05, 4.69) is 15.3 Å². The number of aromatic carboxylic acids is 1. The minimum Gasteiger partial charge on any atom is -0.493 e. The Morgan fingerprint density at radius 2 is 2.00 bits per heavy atom. The summed E-state index contributed by atoms with van der Waals surface area (Å²) in [4.78, 5) is 19.3. The van der Waals surface area contributed by atoms with Gasteiger partial charge in [-0.05, 0) is 36.8 Å². The van der Waals surface area contributed by atoms with Crippen molar-refractivity contribution in [2.75, 3.05) is 11.9 Å². The average molecular weight is 451 g/mol. The number of hydrogen-bond donors (Lipinski definition) is 2. The summed E-state index contributed by atoms with van der Waals surface area (Å²) in [6, 6.07) is 6.74. The first kappa shape index (κ1) is 22.5. The van der Waals surface area contributed by atoms with Crippen LogP contribution in [0.5, 0.6) is 5.75 Å². The number of rotatable bonds is 9. The van der Waals surface area contributed by atoms with Crippen LogP contribution < -0.4 is 10.1 Å². The second kappa shape index (κ2) is 9.78. The van der Waals surface area contributed by atoms with E-state index in [1.165, 1.54) is 41.8 Å². The molecule has 0 radical (unpaired) electrons. The molecule has 0 unspecified atom stereocenters. The number of benzene rings is 1. The Morgan fingerprint density at radius 3 is 2.65 bits per heavy atom. The van der Waals surface area contributed by atoms with Crippen LogP contribution in [-0.4, -0.2) is 27.7 Å². The molecule has 1 aromatic carbocycles. The number of halogens is 3. The molecule has 2 aromatic heterocycles. The van der Waals surface area contributed by atoms with Crippen molar-refractivity contribution in [3.8, 4) is 17.1 Å². The highest BCUT2D eigenvalue weighted by Gasteiger charge is 2.34. The number of carboxylic acids is 1. The van der Waals surface area contributed by atoms with Crippen molar-refractivity contribution in [1.29, 1.82) is 0 Å². The van der Waals surface area contributed by atoms with Crippen molar-refractivity contribution in [3.63, 3.8) is 0 Å². The molecule has 0 aliphatic heterocycles. The summed E-state index contributed by atoms with van der Waals surface area (Å²) in [5.74, 6) is -1.28. The zero-order chi connectivity index (χ0) is 22.4. The van der Waals surface area contributed by atoms with Crippen LogP contribution >= 0.6 is 11.3 Å². The highest BCUT2D eigenvalue weighted by Crippen LogP contribution is 2.39. The summed E-state index contributed by atoms with van der Waals surface area (Å²) >= 11 is 1.20. The zero-order valence-corrected chi connectivity index (χ0v) is 17.4. The lowest BCUT2D eigenvalue weighted by atomic mass is 10.1. The van der Waals surface area contributed by atoms with Gasteiger partial charge in [0, 0.05) is 17.3 Å². The van der Waals surface area contributed by atoms with Crippen molar-refractivity contribution < 1.29 is 27.8 Å². The maximum atomic E-state index is 13.5. The van der Waals surface area contributed by atoms with Gasteiger partial charge in [-0.3, -0.25) is 4.98 Å². The summed E-state index contributed by atoms with van der Waals surface area (Å²) in [6.45, 7) is 2.24. The lowest BCUT2D eigenvalue weighted by Gasteiger charge is -2.15. The largest absolute Gasteiger partial charge is 0.493 e. The molecule has 0 saturated carbocycles. The quantitative estimate of drug-likeness (QED) is 0.375. The number of thiazole rings is 1. The summed E-state index contributed by atoms with van der Waals surface area (Å²) in [7, 11) is 0. The summed E-state index contributed by atoms with van der Waals surface area (Å²) in [5, 5.41) is 13.9. The molecule has 31 heavy (non-hydrogen) atoms. The van der Waals surface area contributed by atoms with Gasteiger partial charge >= 0.3 is 12.1 Å². The van der Waals surface area contributed by atoms with Crippen LogP contribution in [0.1, 0.15) is 42.1 Å². The topological polar surface area (TPSA) is 84.3 Å². The number of alkyl halides is 3. The fourth-order valence-electron chi connectivity index (χ4n) is 2.73. The van der Waals surface area contributed by atoms with Gasteiger partial charge in [0.25, 0.3) is 0 Å². The van der Waals surface area contributed by atoms with Gasteiger partial charge in [-0.2, -0.15) is 13.2 Å². The number of nitrogens with zero attached hydrogens (tertiary/aromatic N) is 2. The third-order valence-electron chi connectivity index (χ3n) is 4.32. The molecule has 3 aromatic rings.